The molecule has 0 aliphatic rings. The van der Waals surface area contributed by atoms with E-state index in [4.69, 9.17) is 11.6 Å². The molecule has 15 heavy (non-hydrogen) atoms. The van der Waals surface area contributed by atoms with E-state index in [1.165, 1.54) is 0 Å². The van der Waals surface area contributed by atoms with Crippen LogP contribution in [0.3, 0.4) is 0 Å². The Morgan fingerprint density at radius 2 is 1.87 bits per heavy atom. The number of benzene rings is 1. The summed E-state index contributed by atoms with van der Waals surface area (Å²) >= 11 is 5.91. The summed E-state index contributed by atoms with van der Waals surface area (Å²) in [5.74, 6) is -0.293. The fourth-order valence-corrected chi connectivity index (χ4v) is 1.69. The van der Waals surface area contributed by atoms with Gasteiger partial charge in [0.05, 0.1) is 5.02 Å². The van der Waals surface area contributed by atoms with Crippen molar-refractivity contribution in [2.75, 3.05) is 0 Å². The lowest BCUT2D eigenvalue weighted by molar-refractivity contribution is 0.0278. The Kier molecular flexibility index (Phi) is 3.89. The molecule has 3 heteroatoms. The first-order chi connectivity index (χ1) is 7.05. The lowest BCUT2D eigenvalue weighted by Crippen LogP contribution is -2.37. The second kappa shape index (κ2) is 4.77. The average molecular weight is 227 g/mol. The number of aliphatic hydroxyl groups is 1. The van der Waals surface area contributed by atoms with Crippen LogP contribution in [-0.4, -0.2) is 16.5 Å². The van der Waals surface area contributed by atoms with Gasteiger partial charge in [0.1, 0.15) is 5.60 Å². The van der Waals surface area contributed by atoms with Crippen LogP contribution in [-0.2, 0) is 0 Å². The fraction of sp³-hybridized carbons (Fsp3) is 0.417. The lowest BCUT2D eigenvalue weighted by atomic mass is 9.88. The number of Topliss-reactive ketones (excluding diaryl/α,β-unsaturated/α-hetero) is 1. The third kappa shape index (κ3) is 2.39. The van der Waals surface area contributed by atoms with E-state index in [9.17, 15) is 9.90 Å². The van der Waals surface area contributed by atoms with Crippen LogP contribution in [0.5, 0.6) is 0 Å². The second-order valence-corrected chi connectivity index (χ2v) is 3.95. The molecule has 0 aromatic heterocycles. The van der Waals surface area contributed by atoms with Gasteiger partial charge in [-0.1, -0.05) is 37.6 Å². The molecule has 1 aromatic rings. The standard InChI is InChI=1S/C12H15ClO2/c1-3-12(15,4-2)11(14)9-7-5-6-8-10(9)13/h5-8,15H,3-4H2,1-2H3. The topological polar surface area (TPSA) is 37.3 Å². The van der Waals surface area contributed by atoms with Gasteiger partial charge < -0.3 is 5.11 Å². The quantitative estimate of drug-likeness (QED) is 0.802. The molecule has 0 amide bonds. The van der Waals surface area contributed by atoms with Gasteiger partial charge in [-0.2, -0.15) is 0 Å². The van der Waals surface area contributed by atoms with Crippen molar-refractivity contribution in [2.45, 2.75) is 32.3 Å². The first-order valence-corrected chi connectivity index (χ1v) is 5.44. The highest BCUT2D eigenvalue weighted by Crippen LogP contribution is 2.25. The number of hydrogen-bond donors (Lipinski definition) is 1. The first-order valence-electron chi connectivity index (χ1n) is 5.07. The van der Waals surface area contributed by atoms with E-state index in [1.807, 2.05) is 0 Å². The van der Waals surface area contributed by atoms with Crippen LogP contribution in [0.4, 0.5) is 0 Å². The Labute approximate surface area is 94.9 Å². The number of carbonyl (C=O) groups excluding carboxylic acids is 1. The molecule has 0 saturated heterocycles. The molecular formula is C12H15ClO2. The molecule has 0 aliphatic carbocycles. The smallest absolute Gasteiger partial charge is 0.195 e. The molecule has 0 atom stereocenters. The maximum Gasteiger partial charge on any atom is 0.195 e. The lowest BCUT2D eigenvalue weighted by Gasteiger charge is -2.23. The van der Waals surface area contributed by atoms with Crippen LogP contribution in [0.25, 0.3) is 0 Å². The van der Waals surface area contributed by atoms with Gasteiger partial charge in [-0.25, -0.2) is 0 Å². The Hall–Kier alpha value is -0.860. The molecule has 0 fully saturated rings. The molecule has 0 spiro atoms. The van der Waals surface area contributed by atoms with E-state index in [0.29, 0.717) is 23.4 Å². The molecule has 0 bridgehead atoms. The molecule has 0 unspecified atom stereocenters. The minimum atomic E-state index is -1.29. The van der Waals surface area contributed by atoms with Gasteiger partial charge >= 0.3 is 0 Å². The number of halogens is 1. The molecule has 0 saturated carbocycles. The zero-order valence-corrected chi connectivity index (χ0v) is 9.71. The van der Waals surface area contributed by atoms with Gasteiger partial charge in [0.15, 0.2) is 5.78 Å². The number of ketones is 1. The van der Waals surface area contributed by atoms with Gasteiger partial charge in [0, 0.05) is 5.56 Å². The van der Waals surface area contributed by atoms with Gasteiger partial charge in [0.2, 0.25) is 0 Å². The van der Waals surface area contributed by atoms with Crippen LogP contribution < -0.4 is 0 Å². The maximum absolute atomic E-state index is 12.0. The monoisotopic (exact) mass is 226 g/mol. The van der Waals surface area contributed by atoms with Crippen molar-refractivity contribution in [3.63, 3.8) is 0 Å². The molecule has 1 rings (SSSR count). The van der Waals surface area contributed by atoms with Crippen molar-refractivity contribution < 1.29 is 9.90 Å². The molecule has 0 heterocycles. The Balaban J connectivity index is 3.09. The zero-order chi connectivity index (χ0) is 11.5. The molecule has 1 aromatic carbocycles. The molecule has 0 radical (unpaired) electrons. The number of hydrogen-bond acceptors (Lipinski definition) is 2. The van der Waals surface area contributed by atoms with E-state index in [-0.39, 0.29) is 5.78 Å². The minimum absolute atomic E-state index is 0.293. The van der Waals surface area contributed by atoms with Crippen LogP contribution in [0, 0.1) is 0 Å². The summed E-state index contributed by atoms with van der Waals surface area (Å²) in [6.45, 7) is 3.58. The second-order valence-electron chi connectivity index (χ2n) is 3.55. The Morgan fingerprint density at radius 3 is 2.33 bits per heavy atom. The van der Waals surface area contributed by atoms with Gasteiger partial charge in [-0.15, -0.1) is 0 Å². The summed E-state index contributed by atoms with van der Waals surface area (Å²) in [6, 6.07) is 6.79. The van der Waals surface area contributed by atoms with Crippen LogP contribution in [0.1, 0.15) is 37.0 Å². The highest BCUT2D eigenvalue weighted by molar-refractivity contribution is 6.34. The molecule has 0 aliphatic heterocycles. The third-order valence-electron chi connectivity index (χ3n) is 2.71. The van der Waals surface area contributed by atoms with Crippen molar-refractivity contribution >= 4 is 17.4 Å². The highest BCUT2D eigenvalue weighted by atomic mass is 35.5. The first kappa shape index (κ1) is 12.2. The summed E-state index contributed by atoms with van der Waals surface area (Å²) in [5.41, 5.74) is -0.893. The molecule has 2 nitrogen and oxygen atoms in total. The highest BCUT2D eigenvalue weighted by Gasteiger charge is 2.33. The number of rotatable bonds is 4. The van der Waals surface area contributed by atoms with Crippen molar-refractivity contribution in [3.05, 3.63) is 34.9 Å². The fourth-order valence-electron chi connectivity index (χ4n) is 1.47. The summed E-state index contributed by atoms with van der Waals surface area (Å²) < 4.78 is 0. The van der Waals surface area contributed by atoms with Gasteiger partial charge in [0.25, 0.3) is 0 Å². The minimum Gasteiger partial charge on any atom is -0.382 e. The van der Waals surface area contributed by atoms with E-state index >= 15 is 0 Å². The maximum atomic E-state index is 12.0. The average Bonchev–Trinajstić information content (AvgIpc) is 2.28. The van der Waals surface area contributed by atoms with Crippen LogP contribution in [0.15, 0.2) is 24.3 Å². The summed E-state index contributed by atoms with van der Waals surface area (Å²) in [5, 5.41) is 10.5. The predicted octanol–water partition coefficient (Wildman–Crippen LogP) is 3.07. The van der Waals surface area contributed by atoms with E-state index < -0.39 is 5.60 Å². The Bertz CT molecular complexity index is 356. The van der Waals surface area contributed by atoms with Crippen molar-refractivity contribution in [1.29, 1.82) is 0 Å². The normalized spacial score (nSPS) is 11.5. The molecule has 82 valence electrons. The Morgan fingerprint density at radius 1 is 1.33 bits per heavy atom. The van der Waals surface area contributed by atoms with Crippen molar-refractivity contribution in [3.8, 4) is 0 Å². The van der Waals surface area contributed by atoms with Gasteiger partial charge in [-0.05, 0) is 25.0 Å². The van der Waals surface area contributed by atoms with E-state index in [0.717, 1.165) is 0 Å². The van der Waals surface area contributed by atoms with E-state index in [2.05, 4.69) is 0 Å². The molecule has 1 N–H and O–H groups in total. The van der Waals surface area contributed by atoms with Gasteiger partial charge in [-0.3, -0.25) is 4.79 Å². The van der Waals surface area contributed by atoms with Crippen molar-refractivity contribution in [2.24, 2.45) is 0 Å². The van der Waals surface area contributed by atoms with Crippen LogP contribution >= 0.6 is 11.6 Å². The van der Waals surface area contributed by atoms with Crippen molar-refractivity contribution in [1.82, 2.24) is 0 Å². The van der Waals surface area contributed by atoms with Crippen LogP contribution in [0.2, 0.25) is 5.02 Å². The molecular weight excluding hydrogens is 212 g/mol. The zero-order valence-electron chi connectivity index (χ0n) is 8.96. The van der Waals surface area contributed by atoms with E-state index in [1.54, 1.807) is 38.1 Å². The summed E-state index contributed by atoms with van der Waals surface area (Å²) in [7, 11) is 0. The largest absolute Gasteiger partial charge is 0.382 e. The summed E-state index contributed by atoms with van der Waals surface area (Å²) in [4.78, 5) is 12.0. The summed E-state index contributed by atoms with van der Waals surface area (Å²) in [6.07, 6.45) is 0.793. The third-order valence-corrected chi connectivity index (χ3v) is 3.04. The number of carbonyl (C=O) groups is 1. The predicted molar refractivity (Wildman–Crippen MR) is 61.3 cm³/mol. The SMILES string of the molecule is CCC(O)(CC)C(=O)c1ccccc1Cl.